The summed E-state index contributed by atoms with van der Waals surface area (Å²) in [6, 6.07) is 6.97. The Labute approximate surface area is 168 Å². The van der Waals surface area contributed by atoms with Crippen LogP contribution in [0.5, 0.6) is 5.75 Å². The Hall–Kier alpha value is -3.36. The monoisotopic (exact) mass is 396 g/mol. The summed E-state index contributed by atoms with van der Waals surface area (Å²) < 4.78 is 5.13. The van der Waals surface area contributed by atoms with Gasteiger partial charge in [-0.3, -0.25) is 9.59 Å². The first-order valence-corrected chi connectivity index (χ1v) is 9.72. The smallest absolute Gasteiger partial charge is 0.232 e. The Bertz CT molecular complexity index is 925. The first kappa shape index (κ1) is 19.0. The molecule has 2 aromatic rings. The minimum Gasteiger partial charge on any atom is -0.497 e. The molecule has 2 aliphatic rings. The van der Waals surface area contributed by atoms with E-state index in [2.05, 4.69) is 25.5 Å². The molecule has 2 aliphatic heterocycles. The van der Waals surface area contributed by atoms with Gasteiger partial charge < -0.3 is 26.0 Å². The summed E-state index contributed by atoms with van der Waals surface area (Å²) in [4.78, 5) is 36.2. The summed E-state index contributed by atoms with van der Waals surface area (Å²) in [5, 5.41) is 5.58. The quantitative estimate of drug-likeness (QED) is 0.723. The number of amides is 2. The average Bonchev–Trinajstić information content (AvgIpc) is 2.74. The van der Waals surface area contributed by atoms with Gasteiger partial charge in [0.2, 0.25) is 17.8 Å². The maximum absolute atomic E-state index is 12.9. The lowest BCUT2D eigenvalue weighted by atomic mass is 9.92. The zero-order chi connectivity index (χ0) is 20.4. The fourth-order valence-corrected chi connectivity index (χ4v) is 3.75. The molecule has 1 saturated heterocycles. The molecule has 0 bridgehead atoms. The van der Waals surface area contributed by atoms with Gasteiger partial charge in [-0.15, -0.1) is 0 Å². The van der Waals surface area contributed by atoms with E-state index in [0.717, 1.165) is 25.9 Å². The number of nitrogens with two attached hydrogens (primary N) is 1. The zero-order valence-corrected chi connectivity index (χ0v) is 16.3. The van der Waals surface area contributed by atoms with E-state index in [1.165, 1.54) is 6.42 Å². The third-order valence-corrected chi connectivity index (χ3v) is 5.27. The fraction of sp³-hybridized carbons (Fsp3) is 0.400. The van der Waals surface area contributed by atoms with Crippen LogP contribution in [-0.2, 0) is 9.59 Å². The second-order valence-corrected chi connectivity index (χ2v) is 7.24. The Morgan fingerprint density at radius 1 is 1.21 bits per heavy atom. The predicted molar refractivity (Wildman–Crippen MR) is 110 cm³/mol. The number of carbonyl (C=O) groups is 2. The lowest BCUT2D eigenvalue weighted by Crippen LogP contribution is -2.35. The second-order valence-electron chi connectivity index (χ2n) is 7.24. The third-order valence-electron chi connectivity index (χ3n) is 5.27. The van der Waals surface area contributed by atoms with E-state index < -0.39 is 5.92 Å². The molecule has 3 heterocycles. The van der Waals surface area contributed by atoms with Gasteiger partial charge >= 0.3 is 0 Å². The SMILES string of the molecule is COc1ccc(NC(=O)[C@H]2CC(=O)Nc3nc(N4CCCCC4)nc(N)c32)cc1. The minimum atomic E-state index is -0.753. The van der Waals surface area contributed by atoms with Crippen molar-refractivity contribution in [3.05, 3.63) is 29.8 Å². The molecular weight excluding hydrogens is 372 g/mol. The molecule has 0 saturated carbocycles. The van der Waals surface area contributed by atoms with Crippen LogP contribution in [0.1, 0.15) is 37.2 Å². The van der Waals surface area contributed by atoms with Gasteiger partial charge in [0.05, 0.1) is 18.6 Å². The highest BCUT2D eigenvalue weighted by Crippen LogP contribution is 2.37. The van der Waals surface area contributed by atoms with E-state index in [0.29, 0.717) is 28.8 Å². The Morgan fingerprint density at radius 2 is 1.93 bits per heavy atom. The van der Waals surface area contributed by atoms with Crippen molar-refractivity contribution in [1.82, 2.24) is 9.97 Å². The molecule has 0 spiro atoms. The van der Waals surface area contributed by atoms with Crippen LogP contribution in [0.25, 0.3) is 0 Å². The number of carbonyl (C=O) groups excluding carboxylic acids is 2. The van der Waals surface area contributed by atoms with Gasteiger partial charge in [-0.1, -0.05) is 0 Å². The summed E-state index contributed by atoms with van der Waals surface area (Å²) in [7, 11) is 1.58. The number of benzene rings is 1. The molecule has 9 nitrogen and oxygen atoms in total. The predicted octanol–water partition coefficient (Wildman–Crippen LogP) is 2.12. The Kier molecular flexibility index (Phi) is 5.20. The summed E-state index contributed by atoms with van der Waals surface area (Å²) in [6.45, 7) is 1.71. The molecule has 9 heteroatoms. The van der Waals surface area contributed by atoms with Crippen LogP contribution < -0.4 is 26.0 Å². The highest BCUT2D eigenvalue weighted by Gasteiger charge is 2.35. The number of hydrogen-bond donors (Lipinski definition) is 3. The van der Waals surface area contributed by atoms with E-state index in [-0.39, 0.29) is 24.1 Å². The van der Waals surface area contributed by atoms with Crippen LogP contribution in [0.3, 0.4) is 0 Å². The molecular formula is C20H24N6O3. The number of nitrogens with zero attached hydrogens (tertiary/aromatic N) is 3. The van der Waals surface area contributed by atoms with Crippen molar-refractivity contribution < 1.29 is 14.3 Å². The summed E-state index contributed by atoms with van der Waals surface area (Å²) in [5.74, 6) is 0.388. The second kappa shape index (κ2) is 7.94. The normalized spacial score (nSPS) is 18.6. The van der Waals surface area contributed by atoms with E-state index in [4.69, 9.17) is 10.5 Å². The zero-order valence-electron chi connectivity index (χ0n) is 16.3. The van der Waals surface area contributed by atoms with Crippen molar-refractivity contribution >= 4 is 35.1 Å². The third kappa shape index (κ3) is 3.94. The number of methoxy groups -OCH3 is 1. The summed E-state index contributed by atoms with van der Waals surface area (Å²) >= 11 is 0. The molecule has 1 atom stereocenters. The van der Waals surface area contributed by atoms with E-state index in [1.54, 1.807) is 31.4 Å². The van der Waals surface area contributed by atoms with Crippen molar-refractivity contribution in [2.24, 2.45) is 0 Å². The summed E-state index contributed by atoms with van der Waals surface area (Å²) in [5.41, 5.74) is 7.30. The molecule has 1 aromatic heterocycles. The maximum atomic E-state index is 12.9. The van der Waals surface area contributed by atoms with Crippen LogP contribution in [0, 0.1) is 0 Å². The molecule has 0 aliphatic carbocycles. The summed E-state index contributed by atoms with van der Waals surface area (Å²) in [6.07, 6.45) is 3.31. The molecule has 0 unspecified atom stereocenters. The van der Waals surface area contributed by atoms with Crippen LogP contribution in [0.15, 0.2) is 24.3 Å². The molecule has 1 fully saturated rings. The van der Waals surface area contributed by atoms with Gasteiger partial charge in [0.25, 0.3) is 0 Å². The van der Waals surface area contributed by atoms with E-state index >= 15 is 0 Å². The number of nitrogen functional groups attached to an aromatic ring is 1. The standard InChI is InChI=1S/C20H24N6O3/c1-29-13-7-5-12(6-8-13)22-19(28)14-11-15(27)23-18-16(14)17(21)24-20(25-18)26-9-3-2-4-10-26/h5-8,14H,2-4,9-11H2,1H3,(H,22,28)(H3,21,23,24,25,27)/t14-/m0/s1. The number of piperidine rings is 1. The van der Waals surface area contributed by atoms with Crippen molar-refractivity contribution in [3.63, 3.8) is 0 Å². The number of rotatable bonds is 4. The number of fused-ring (bicyclic) bond motifs is 1. The molecule has 2 amide bonds. The molecule has 1 aromatic carbocycles. The van der Waals surface area contributed by atoms with Gasteiger partial charge in [0.15, 0.2) is 0 Å². The number of anilines is 4. The first-order valence-electron chi connectivity index (χ1n) is 9.72. The maximum Gasteiger partial charge on any atom is 0.232 e. The van der Waals surface area contributed by atoms with Gasteiger partial charge in [0.1, 0.15) is 17.4 Å². The first-order chi connectivity index (χ1) is 14.0. The number of nitrogens with one attached hydrogen (secondary N) is 2. The Morgan fingerprint density at radius 3 is 2.62 bits per heavy atom. The molecule has 0 radical (unpaired) electrons. The van der Waals surface area contributed by atoms with Crippen LogP contribution in [0.4, 0.5) is 23.3 Å². The van der Waals surface area contributed by atoms with Crippen molar-refractivity contribution in [2.45, 2.75) is 31.6 Å². The molecule has 152 valence electrons. The molecule has 4 rings (SSSR count). The lowest BCUT2D eigenvalue weighted by Gasteiger charge is -2.30. The minimum absolute atomic E-state index is 0.00832. The van der Waals surface area contributed by atoms with Crippen molar-refractivity contribution in [2.75, 3.05) is 41.5 Å². The van der Waals surface area contributed by atoms with Crippen LogP contribution >= 0.6 is 0 Å². The fourth-order valence-electron chi connectivity index (χ4n) is 3.75. The number of hydrogen-bond acceptors (Lipinski definition) is 7. The van der Waals surface area contributed by atoms with E-state index in [1.807, 2.05) is 0 Å². The van der Waals surface area contributed by atoms with Gasteiger partial charge in [-0.25, -0.2) is 0 Å². The molecule has 29 heavy (non-hydrogen) atoms. The van der Waals surface area contributed by atoms with Crippen molar-refractivity contribution in [3.8, 4) is 5.75 Å². The van der Waals surface area contributed by atoms with Crippen LogP contribution in [0.2, 0.25) is 0 Å². The van der Waals surface area contributed by atoms with Gasteiger partial charge in [0, 0.05) is 25.2 Å². The topological polar surface area (TPSA) is 122 Å². The lowest BCUT2D eigenvalue weighted by molar-refractivity contribution is -0.123. The Balaban J connectivity index is 1.60. The van der Waals surface area contributed by atoms with Crippen LogP contribution in [-0.4, -0.2) is 42.0 Å². The number of ether oxygens (including phenoxy) is 1. The largest absolute Gasteiger partial charge is 0.497 e. The highest BCUT2D eigenvalue weighted by atomic mass is 16.5. The molecule has 4 N–H and O–H groups in total. The highest BCUT2D eigenvalue weighted by molar-refractivity contribution is 6.05. The van der Waals surface area contributed by atoms with Crippen molar-refractivity contribution in [1.29, 1.82) is 0 Å². The van der Waals surface area contributed by atoms with E-state index in [9.17, 15) is 9.59 Å². The number of aromatic nitrogens is 2. The average molecular weight is 396 g/mol. The van der Waals surface area contributed by atoms with Gasteiger partial charge in [-0.05, 0) is 43.5 Å². The van der Waals surface area contributed by atoms with Gasteiger partial charge in [-0.2, -0.15) is 9.97 Å².